The number of hydrogen-bond donors (Lipinski definition) is 1. The van der Waals surface area contributed by atoms with Crippen molar-refractivity contribution < 1.29 is 4.74 Å². The first-order valence-corrected chi connectivity index (χ1v) is 7.42. The van der Waals surface area contributed by atoms with Gasteiger partial charge in [-0.15, -0.1) is 0 Å². The fourth-order valence-corrected chi connectivity index (χ4v) is 2.10. The molecule has 1 N–H and O–H groups in total. The lowest BCUT2D eigenvalue weighted by atomic mass is 10.2. The molecule has 6 heteroatoms. The summed E-state index contributed by atoms with van der Waals surface area (Å²) in [6, 6.07) is 9.48. The van der Waals surface area contributed by atoms with E-state index in [1.807, 2.05) is 24.3 Å². The van der Waals surface area contributed by atoms with E-state index in [2.05, 4.69) is 44.2 Å². The van der Waals surface area contributed by atoms with Gasteiger partial charge in [0.05, 0.1) is 12.5 Å². The van der Waals surface area contributed by atoms with E-state index in [1.54, 1.807) is 0 Å². The topological polar surface area (TPSA) is 70.8 Å². The summed E-state index contributed by atoms with van der Waals surface area (Å²) in [6.45, 7) is 2.92. The van der Waals surface area contributed by atoms with Gasteiger partial charge in [0.15, 0.2) is 0 Å². The number of anilines is 1. The lowest BCUT2D eigenvalue weighted by molar-refractivity contribution is 0.458. The molecule has 0 aliphatic rings. The molecule has 0 radical (unpaired) electrons. The summed E-state index contributed by atoms with van der Waals surface area (Å²) in [6.07, 6.45) is 2.86. The highest BCUT2D eigenvalue weighted by molar-refractivity contribution is 9.10. The minimum atomic E-state index is 0.391. The fourth-order valence-electron chi connectivity index (χ4n) is 1.67. The third-order valence-electron chi connectivity index (χ3n) is 2.72. The monoisotopic (exact) mass is 346 g/mol. The maximum absolute atomic E-state index is 8.65. The number of halogens is 1. The largest absolute Gasteiger partial charge is 0.438 e. The molecule has 0 saturated carbocycles. The number of nitrogens with zero attached hydrogens (tertiary/aromatic N) is 3. The Morgan fingerprint density at radius 2 is 2.05 bits per heavy atom. The number of hydrogen-bond acceptors (Lipinski definition) is 5. The minimum absolute atomic E-state index is 0.391. The smallest absolute Gasteiger partial charge is 0.238 e. The number of ether oxygens (including phenoxy) is 1. The molecule has 0 aliphatic carbocycles. The Hall–Kier alpha value is -2.13. The molecule has 0 saturated heterocycles. The molecule has 0 atom stereocenters. The molecular weight excluding hydrogens is 332 g/mol. The third-order valence-corrected chi connectivity index (χ3v) is 3.44. The molecule has 108 valence electrons. The van der Waals surface area contributed by atoms with Crippen molar-refractivity contribution >= 4 is 21.7 Å². The predicted molar refractivity (Wildman–Crippen MR) is 84.3 cm³/mol. The summed E-state index contributed by atoms with van der Waals surface area (Å²) in [5, 5.41) is 11.9. The molecule has 0 bridgehead atoms. The molecular formula is C15H15BrN4O. The van der Waals surface area contributed by atoms with E-state index in [-0.39, 0.29) is 0 Å². The Morgan fingerprint density at radius 3 is 2.71 bits per heavy atom. The quantitative estimate of drug-likeness (QED) is 0.858. The molecule has 0 spiro atoms. The first-order valence-electron chi connectivity index (χ1n) is 6.62. The molecule has 5 nitrogen and oxygen atoms in total. The summed E-state index contributed by atoms with van der Waals surface area (Å²) in [5.74, 6) is 1.83. The van der Waals surface area contributed by atoms with Crippen LogP contribution in [0.25, 0.3) is 0 Å². The van der Waals surface area contributed by atoms with Gasteiger partial charge in [-0.2, -0.15) is 5.26 Å². The molecule has 0 aliphatic heterocycles. The normalized spacial score (nSPS) is 9.95. The zero-order valence-corrected chi connectivity index (χ0v) is 13.2. The SMILES string of the molecule is CCCNc1ncnc(Oc2ccc(CC#N)cc2)c1Br. The highest BCUT2D eigenvalue weighted by atomic mass is 79.9. The number of benzene rings is 1. The average Bonchev–Trinajstić information content (AvgIpc) is 2.50. The number of aromatic nitrogens is 2. The van der Waals surface area contributed by atoms with Crippen molar-refractivity contribution in [3.05, 3.63) is 40.6 Å². The van der Waals surface area contributed by atoms with Crippen LogP contribution in [0.15, 0.2) is 35.1 Å². The van der Waals surface area contributed by atoms with Crippen LogP contribution in [-0.2, 0) is 6.42 Å². The van der Waals surface area contributed by atoms with E-state index in [1.165, 1.54) is 6.33 Å². The fraction of sp³-hybridized carbons (Fsp3) is 0.267. The van der Waals surface area contributed by atoms with Gasteiger partial charge in [-0.3, -0.25) is 0 Å². The molecule has 2 aromatic rings. The van der Waals surface area contributed by atoms with E-state index in [9.17, 15) is 0 Å². The summed E-state index contributed by atoms with van der Waals surface area (Å²) in [5.41, 5.74) is 0.955. The maximum atomic E-state index is 8.65. The first kappa shape index (κ1) is 15.3. The lowest BCUT2D eigenvalue weighted by Gasteiger charge is -2.10. The van der Waals surface area contributed by atoms with E-state index >= 15 is 0 Å². The molecule has 0 unspecified atom stereocenters. The van der Waals surface area contributed by atoms with Crippen molar-refractivity contribution in [3.63, 3.8) is 0 Å². The zero-order valence-electron chi connectivity index (χ0n) is 11.6. The third kappa shape index (κ3) is 4.17. The van der Waals surface area contributed by atoms with Crippen molar-refractivity contribution in [1.82, 2.24) is 9.97 Å². The standard InChI is InChI=1S/C15H15BrN4O/c1-2-9-18-14-13(16)15(20-10-19-14)21-12-5-3-11(4-6-12)7-8-17/h3-6,10H,2,7,9H2,1H3,(H,18,19,20). The van der Waals surface area contributed by atoms with Crippen molar-refractivity contribution in [2.24, 2.45) is 0 Å². The van der Waals surface area contributed by atoms with Crippen LogP contribution in [-0.4, -0.2) is 16.5 Å². The number of rotatable bonds is 6. The summed E-state index contributed by atoms with van der Waals surface area (Å²) in [7, 11) is 0. The molecule has 0 amide bonds. The van der Waals surface area contributed by atoms with Gasteiger partial charge in [0, 0.05) is 6.54 Å². The number of nitriles is 1. The van der Waals surface area contributed by atoms with Crippen molar-refractivity contribution in [3.8, 4) is 17.7 Å². The number of nitrogens with one attached hydrogen (secondary N) is 1. The van der Waals surface area contributed by atoms with Crippen LogP contribution in [0.3, 0.4) is 0 Å². The summed E-state index contributed by atoms with van der Waals surface area (Å²) >= 11 is 3.45. The van der Waals surface area contributed by atoms with Gasteiger partial charge in [-0.1, -0.05) is 19.1 Å². The molecule has 21 heavy (non-hydrogen) atoms. The molecule has 0 fully saturated rings. The van der Waals surface area contributed by atoms with Crippen LogP contribution in [0.5, 0.6) is 11.6 Å². The Balaban J connectivity index is 2.13. The van der Waals surface area contributed by atoms with Crippen LogP contribution in [0, 0.1) is 11.3 Å². The second-order valence-corrected chi connectivity index (χ2v) is 5.14. The summed E-state index contributed by atoms with van der Waals surface area (Å²) in [4.78, 5) is 8.30. The molecule has 2 rings (SSSR count). The second kappa shape index (κ2) is 7.60. The maximum Gasteiger partial charge on any atom is 0.238 e. The van der Waals surface area contributed by atoms with E-state index in [4.69, 9.17) is 10.00 Å². The molecule has 1 aromatic carbocycles. The Bertz CT molecular complexity index is 637. The van der Waals surface area contributed by atoms with Crippen molar-refractivity contribution in [2.75, 3.05) is 11.9 Å². The highest BCUT2D eigenvalue weighted by Gasteiger charge is 2.10. The molecule has 1 heterocycles. The van der Waals surface area contributed by atoms with Gasteiger partial charge in [-0.25, -0.2) is 9.97 Å². The second-order valence-electron chi connectivity index (χ2n) is 4.35. The average molecular weight is 347 g/mol. The Labute approximate surface area is 132 Å². The van der Waals surface area contributed by atoms with Crippen LogP contribution < -0.4 is 10.1 Å². The van der Waals surface area contributed by atoms with Gasteiger partial charge in [0.1, 0.15) is 22.4 Å². The zero-order chi connectivity index (χ0) is 15.1. The van der Waals surface area contributed by atoms with Crippen molar-refractivity contribution in [2.45, 2.75) is 19.8 Å². The van der Waals surface area contributed by atoms with Gasteiger partial charge in [0.25, 0.3) is 0 Å². The van der Waals surface area contributed by atoms with Crippen molar-refractivity contribution in [1.29, 1.82) is 5.26 Å². The predicted octanol–water partition coefficient (Wildman–Crippen LogP) is 3.92. The Morgan fingerprint density at radius 1 is 1.29 bits per heavy atom. The van der Waals surface area contributed by atoms with Crippen LogP contribution >= 0.6 is 15.9 Å². The van der Waals surface area contributed by atoms with Crippen LogP contribution in [0.1, 0.15) is 18.9 Å². The van der Waals surface area contributed by atoms with Gasteiger partial charge in [-0.05, 0) is 40.0 Å². The van der Waals surface area contributed by atoms with Gasteiger partial charge >= 0.3 is 0 Å². The highest BCUT2D eigenvalue weighted by Crippen LogP contribution is 2.31. The van der Waals surface area contributed by atoms with Crippen LogP contribution in [0.4, 0.5) is 5.82 Å². The van der Waals surface area contributed by atoms with Gasteiger partial charge in [0.2, 0.25) is 5.88 Å². The van der Waals surface area contributed by atoms with Crippen LogP contribution in [0.2, 0.25) is 0 Å². The lowest BCUT2D eigenvalue weighted by Crippen LogP contribution is -2.04. The minimum Gasteiger partial charge on any atom is -0.438 e. The van der Waals surface area contributed by atoms with E-state index in [0.717, 1.165) is 18.5 Å². The first-order chi connectivity index (χ1) is 10.2. The van der Waals surface area contributed by atoms with Gasteiger partial charge < -0.3 is 10.1 Å². The summed E-state index contributed by atoms with van der Waals surface area (Å²) < 4.78 is 6.44. The Kier molecular flexibility index (Phi) is 5.52. The molecule has 1 aromatic heterocycles. The van der Waals surface area contributed by atoms with E-state index < -0.39 is 0 Å². The van der Waals surface area contributed by atoms with E-state index in [0.29, 0.717) is 28.3 Å².